The molecule has 2 rings (SSSR count). The molecule has 0 aliphatic carbocycles. The van der Waals surface area contributed by atoms with E-state index in [1.54, 1.807) is 31.4 Å². The van der Waals surface area contributed by atoms with Crippen molar-refractivity contribution in [3.05, 3.63) is 24.3 Å². The fourth-order valence-corrected chi connectivity index (χ4v) is 3.43. The standard InChI is InChI=1S/C14H22N2O3S.ClH/c1-19-13-5-7-14(8-6-13)20(17,18)15-9-4-12-16-10-2-3-11-16;/h5-8,15H,2-4,9-12H2,1H3;1H. The third-order valence-corrected chi connectivity index (χ3v) is 4.99. The van der Waals surface area contributed by atoms with E-state index >= 15 is 0 Å². The molecule has 1 aliphatic rings. The number of benzene rings is 1. The Bertz CT molecular complexity index is 514. The van der Waals surface area contributed by atoms with Crippen molar-refractivity contribution >= 4 is 22.4 Å². The molecule has 0 unspecified atom stereocenters. The van der Waals surface area contributed by atoms with Gasteiger partial charge in [0.25, 0.3) is 0 Å². The molecule has 0 atom stereocenters. The molecule has 1 saturated heterocycles. The summed E-state index contributed by atoms with van der Waals surface area (Å²) in [6, 6.07) is 6.42. The quantitative estimate of drug-likeness (QED) is 0.773. The van der Waals surface area contributed by atoms with Gasteiger partial charge in [-0.15, -0.1) is 12.4 Å². The van der Waals surface area contributed by atoms with E-state index in [0.717, 1.165) is 26.1 Å². The van der Waals surface area contributed by atoms with Crippen LogP contribution in [0.5, 0.6) is 5.75 Å². The summed E-state index contributed by atoms with van der Waals surface area (Å²) in [6.07, 6.45) is 3.37. The number of hydrogen-bond donors (Lipinski definition) is 1. The summed E-state index contributed by atoms with van der Waals surface area (Å²) in [5, 5.41) is 0. The topological polar surface area (TPSA) is 58.6 Å². The molecular formula is C14H23ClN2O3S. The van der Waals surface area contributed by atoms with Crippen LogP contribution in [0.2, 0.25) is 0 Å². The second-order valence-electron chi connectivity index (χ2n) is 4.98. The minimum Gasteiger partial charge on any atom is -0.497 e. The number of halogens is 1. The highest BCUT2D eigenvalue weighted by Gasteiger charge is 2.14. The number of rotatable bonds is 7. The highest BCUT2D eigenvalue weighted by atomic mass is 35.5. The van der Waals surface area contributed by atoms with Crippen molar-refractivity contribution in [2.45, 2.75) is 24.2 Å². The van der Waals surface area contributed by atoms with Crippen LogP contribution >= 0.6 is 12.4 Å². The molecule has 1 heterocycles. The van der Waals surface area contributed by atoms with Crippen molar-refractivity contribution < 1.29 is 13.2 Å². The van der Waals surface area contributed by atoms with E-state index in [2.05, 4.69) is 9.62 Å². The molecule has 0 bridgehead atoms. The van der Waals surface area contributed by atoms with Gasteiger partial charge in [0.05, 0.1) is 12.0 Å². The van der Waals surface area contributed by atoms with Crippen LogP contribution in [-0.2, 0) is 10.0 Å². The van der Waals surface area contributed by atoms with E-state index in [4.69, 9.17) is 4.74 Å². The Morgan fingerprint density at radius 3 is 2.38 bits per heavy atom. The lowest BCUT2D eigenvalue weighted by molar-refractivity contribution is 0.334. The van der Waals surface area contributed by atoms with Crippen molar-refractivity contribution in [3.8, 4) is 5.75 Å². The van der Waals surface area contributed by atoms with Gasteiger partial charge in [0.1, 0.15) is 5.75 Å². The van der Waals surface area contributed by atoms with Gasteiger partial charge >= 0.3 is 0 Å². The minimum absolute atomic E-state index is 0. The molecule has 0 aromatic heterocycles. The normalized spacial score (nSPS) is 15.7. The van der Waals surface area contributed by atoms with Crippen LogP contribution in [0.3, 0.4) is 0 Å². The Labute approximate surface area is 133 Å². The number of hydrogen-bond acceptors (Lipinski definition) is 4. The molecule has 7 heteroatoms. The van der Waals surface area contributed by atoms with Gasteiger partial charge in [0.15, 0.2) is 0 Å². The van der Waals surface area contributed by atoms with Crippen LogP contribution in [0.15, 0.2) is 29.2 Å². The smallest absolute Gasteiger partial charge is 0.240 e. The molecule has 1 aromatic carbocycles. The van der Waals surface area contributed by atoms with Gasteiger partial charge in [-0.25, -0.2) is 13.1 Å². The maximum Gasteiger partial charge on any atom is 0.240 e. The van der Waals surface area contributed by atoms with Crippen LogP contribution in [0.1, 0.15) is 19.3 Å². The first-order valence-corrected chi connectivity index (χ1v) is 8.46. The lowest BCUT2D eigenvalue weighted by atomic mass is 10.3. The molecule has 1 aromatic rings. The molecule has 1 fully saturated rings. The highest BCUT2D eigenvalue weighted by Crippen LogP contribution is 2.15. The fraction of sp³-hybridized carbons (Fsp3) is 0.571. The number of ether oxygens (including phenoxy) is 1. The summed E-state index contributed by atoms with van der Waals surface area (Å²) >= 11 is 0. The predicted octanol–water partition coefficient (Wildman–Crippen LogP) is 1.88. The monoisotopic (exact) mass is 334 g/mol. The van der Waals surface area contributed by atoms with E-state index in [9.17, 15) is 8.42 Å². The Morgan fingerprint density at radius 1 is 1.19 bits per heavy atom. The zero-order valence-electron chi connectivity index (χ0n) is 12.2. The van der Waals surface area contributed by atoms with E-state index in [1.165, 1.54) is 12.8 Å². The maximum atomic E-state index is 12.1. The maximum absolute atomic E-state index is 12.1. The van der Waals surface area contributed by atoms with Gasteiger partial charge in [-0.2, -0.15) is 0 Å². The lowest BCUT2D eigenvalue weighted by Crippen LogP contribution is -2.28. The summed E-state index contributed by atoms with van der Waals surface area (Å²) in [5.74, 6) is 0.651. The van der Waals surface area contributed by atoms with Crippen molar-refractivity contribution in [1.29, 1.82) is 0 Å². The summed E-state index contributed by atoms with van der Waals surface area (Å²) in [4.78, 5) is 2.65. The van der Waals surface area contributed by atoms with Gasteiger partial charge < -0.3 is 9.64 Å². The largest absolute Gasteiger partial charge is 0.497 e. The minimum atomic E-state index is -3.41. The van der Waals surface area contributed by atoms with Crippen LogP contribution in [0.25, 0.3) is 0 Å². The molecule has 0 amide bonds. The molecule has 120 valence electrons. The lowest BCUT2D eigenvalue weighted by Gasteiger charge is -2.14. The Hall–Kier alpha value is -0.820. The van der Waals surface area contributed by atoms with Crippen LogP contribution in [-0.4, -0.2) is 46.6 Å². The molecule has 5 nitrogen and oxygen atoms in total. The second-order valence-corrected chi connectivity index (χ2v) is 6.74. The Balaban J connectivity index is 0.00000220. The van der Waals surface area contributed by atoms with Crippen molar-refractivity contribution in [1.82, 2.24) is 9.62 Å². The van der Waals surface area contributed by atoms with E-state index in [1.807, 2.05) is 0 Å². The van der Waals surface area contributed by atoms with Gasteiger partial charge in [-0.1, -0.05) is 0 Å². The summed E-state index contributed by atoms with van der Waals surface area (Å²) in [7, 11) is -1.85. The third-order valence-electron chi connectivity index (χ3n) is 3.51. The van der Waals surface area contributed by atoms with Gasteiger partial charge in [-0.05, 0) is 63.2 Å². The van der Waals surface area contributed by atoms with Crippen molar-refractivity contribution in [2.24, 2.45) is 0 Å². The summed E-state index contributed by atoms with van der Waals surface area (Å²) in [6.45, 7) is 3.73. The first kappa shape index (κ1) is 18.2. The average molecular weight is 335 g/mol. The van der Waals surface area contributed by atoms with Crippen molar-refractivity contribution in [2.75, 3.05) is 33.3 Å². The van der Waals surface area contributed by atoms with Gasteiger partial charge in [-0.3, -0.25) is 0 Å². The van der Waals surface area contributed by atoms with Gasteiger partial charge in [0.2, 0.25) is 10.0 Å². The van der Waals surface area contributed by atoms with Crippen molar-refractivity contribution in [3.63, 3.8) is 0 Å². The molecule has 0 saturated carbocycles. The Kier molecular flexibility index (Phi) is 7.45. The number of sulfonamides is 1. The second kappa shape index (κ2) is 8.58. The number of nitrogens with one attached hydrogen (secondary N) is 1. The van der Waals surface area contributed by atoms with E-state index in [-0.39, 0.29) is 17.3 Å². The van der Waals surface area contributed by atoms with E-state index in [0.29, 0.717) is 12.3 Å². The number of nitrogens with zero attached hydrogens (tertiary/aromatic N) is 1. The third kappa shape index (κ3) is 5.47. The van der Waals surface area contributed by atoms with Crippen LogP contribution in [0.4, 0.5) is 0 Å². The van der Waals surface area contributed by atoms with Crippen LogP contribution in [0, 0.1) is 0 Å². The van der Waals surface area contributed by atoms with E-state index < -0.39 is 10.0 Å². The zero-order valence-corrected chi connectivity index (χ0v) is 13.9. The predicted molar refractivity (Wildman–Crippen MR) is 85.7 cm³/mol. The number of methoxy groups -OCH3 is 1. The number of likely N-dealkylation sites (tertiary alicyclic amines) is 1. The van der Waals surface area contributed by atoms with Gasteiger partial charge in [0, 0.05) is 6.54 Å². The SMILES string of the molecule is COc1ccc(S(=O)(=O)NCCCN2CCCC2)cc1.Cl. The zero-order chi connectivity index (χ0) is 14.4. The van der Waals surface area contributed by atoms with Crippen LogP contribution < -0.4 is 9.46 Å². The molecule has 1 aliphatic heterocycles. The Morgan fingerprint density at radius 2 is 1.81 bits per heavy atom. The molecule has 0 spiro atoms. The molecular weight excluding hydrogens is 312 g/mol. The summed E-state index contributed by atoms with van der Waals surface area (Å²) < 4.78 is 31.8. The molecule has 1 N–H and O–H groups in total. The highest BCUT2D eigenvalue weighted by molar-refractivity contribution is 7.89. The average Bonchev–Trinajstić information content (AvgIpc) is 2.97. The summed E-state index contributed by atoms with van der Waals surface area (Å²) in [5.41, 5.74) is 0. The molecule has 0 radical (unpaired) electrons. The first-order chi connectivity index (χ1) is 9.62. The fourth-order valence-electron chi connectivity index (χ4n) is 2.35. The molecule has 21 heavy (non-hydrogen) atoms. The first-order valence-electron chi connectivity index (χ1n) is 6.98.